The summed E-state index contributed by atoms with van der Waals surface area (Å²) in [7, 11) is 1.73. The van der Waals surface area contributed by atoms with Crippen LogP contribution in [-0.2, 0) is 0 Å². The summed E-state index contributed by atoms with van der Waals surface area (Å²) in [4.78, 5) is 10.9. The molecule has 0 atom stereocenters. The van der Waals surface area contributed by atoms with Gasteiger partial charge in [0.15, 0.2) is 5.82 Å². The van der Waals surface area contributed by atoms with Gasteiger partial charge in [0.2, 0.25) is 0 Å². The zero-order chi connectivity index (χ0) is 11.3. The molecule has 1 amide bonds. The summed E-state index contributed by atoms with van der Waals surface area (Å²) < 4.78 is 0. The normalized spacial score (nSPS) is 10.5. The number of aromatic amines is 1. The maximum atomic E-state index is 10.9. The summed E-state index contributed by atoms with van der Waals surface area (Å²) in [5, 5.41) is 15.3. The van der Waals surface area contributed by atoms with Gasteiger partial charge in [-0.05, 0) is 0 Å². The summed E-state index contributed by atoms with van der Waals surface area (Å²) in [5.74, 6) is -0.345. The Kier molecular flexibility index (Phi) is 3.55. The van der Waals surface area contributed by atoms with Crippen LogP contribution < -0.4 is 5.73 Å². The Morgan fingerprint density at radius 1 is 1.87 bits per heavy atom. The molecule has 0 saturated carbocycles. The fourth-order valence-corrected chi connectivity index (χ4v) is 0.880. The van der Waals surface area contributed by atoms with Crippen molar-refractivity contribution in [2.24, 2.45) is 16.1 Å². The highest BCUT2D eigenvalue weighted by Gasteiger charge is 2.09. The molecule has 3 N–H and O–H groups in total. The van der Waals surface area contributed by atoms with E-state index in [-0.39, 0.29) is 11.4 Å². The minimum Gasteiger partial charge on any atom is -0.365 e. The maximum absolute atomic E-state index is 10.9. The van der Waals surface area contributed by atoms with E-state index in [1.54, 1.807) is 18.1 Å². The van der Waals surface area contributed by atoms with Crippen molar-refractivity contribution in [2.45, 2.75) is 0 Å². The van der Waals surface area contributed by atoms with Crippen LogP contribution in [0.4, 0.5) is 5.82 Å². The molecule has 0 unspecified atom stereocenters. The van der Waals surface area contributed by atoms with Crippen LogP contribution in [0.2, 0.25) is 0 Å². The Hall–Kier alpha value is -2.18. The number of hydrogen-bond donors (Lipinski definition) is 2. The number of H-pyrrole nitrogens is 1. The molecule has 80 valence electrons. The van der Waals surface area contributed by atoms with Gasteiger partial charge >= 0.3 is 0 Å². The molecule has 0 aliphatic heterocycles. The van der Waals surface area contributed by atoms with Crippen LogP contribution in [0.25, 0.3) is 0 Å². The van der Waals surface area contributed by atoms with Crippen molar-refractivity contribution >= 4 is 11.7 Å². The van der Waals surface area contributed by atoms with Crippen molar-refractivity contribution in [1.29, 1.82) is 0 Å². The third-order valence-electron chi connectivity index (χ3n) is 1.58. The minimum atomic E-state index is -0.593. The number of hydrogen-bond acceptors (Lipinski definition) is 4. The van der Waals surface area contributed by atoms with Gasteiger partial charge in [-0.15, -0.1) is 11.7 Å². The van der Waals surface area contributed by atoms with Crippen LogP contribution in [0.3, 0.4) is 0 Å². The molecular formula is C8H12N6O. The average molecular weight is 208 g/mol. The Morgan fingerprint density at radius 3 is 3.20 bits per heavy atom. The van der Waals surface area contributed by atoms with E-state index >= 15 is 0 Å². The van der Waals surface area contributed by atoms with Crippen molar-refractivity contribution in [2.75, 3.05) is 13.6 Å². The fourth-order valence-electron chi connectivity index (χ4n) is 0.880. The standard InChI is InChI=1S/C8H12N6O/c1-3-4-14(2)13-12-8-6(7(9)15)5-10-11-8/h3,5H,1,4H2,2H3,(H2,9,15)(H,10,11). The van der Waals surface area contributed by atoms with Crippen molar-refractivity contribution in [3.05, 3.63) is 24.4 Å². The monoisotopic (exact) mass is 208 g/mol. The number of nitrogens with two attached hydrogens (primary N) is 1. The molecule has 0 aromatic carbocycles. The van der Waals surface area contributed by atoms with Gasteiger partial charge in [-0.1, -0.05) is 11.3 Å². The molecule has 1 heterocycles. The lowest BCUT2D eigenvalue weighted by atomic mass is 10.3. The summed E-state index contributed by atoms with van der Waals surface area (Å²) in [6, 6.07) is 0. The largest absolute Gasteiger partial charge is 0.365 e. The molecule has 7 heteroatoms. The lowest BCUT2D eigenvalue weighted by Gasteiger charge is -2.05. The Labute approximate surface area is 86.6 Å². The van der Waals surface area contributed by atoms with Crippen LogP contribution in [0.15, 0.2) is 29.2 Å². The molecule has 0 bridgehead atoms. The number of primary amides is 1. The number of carbonyl (C=O) groups excluding carboxylic acids is 1. The number of nitrogens with zero attached hydrogens (tertiary/aromatic N) is 4. The highest BCUT2D eigenvalue weighted by atomic mass is 16.1. The molecule has 0 aliphatic rings. The van der Waals surface area contributed by atoms with Gasteiger partial charge in [-0.2, -0.15) is 5.10 Å². The molecule has 0 radical (unpaired) electrons. The van der Waals surface area contributed by atoms with Gasteiger partial charge in [0.1, 0.15) is 5.56 Å². The summed E-state index contributed by atoms with van der Waals surface area (Å²) in [6.45, 7) is 4.11. The first kappa shape index (κ1) is 10.9. The second-order valence-electron chi connectivity index (χ2n) is 2.81. The second kappa shape index (κ2) is 4.89. The van der Waals surface area contributed by atoms with Gasteiger partial charge in [0.25, 0.3) is 5.91 Å². The molecule has 0 spiro atoms. The van der Waals surface area contributed by atoms with Crippen LogP contribution in [0.5, 0.6) is 0 Å². The van der Waals surface area contributed by atoms with Gasteiger partial charge < -0.3 is 5.73 Å². The Morgan fingerprint density at radius 2 is 2.60 bits per heavy atom. The van der Waals surface area contributed by atoms with Crippen molar-refractivity contribution in [3.8, 4) is 0 Å². The maximum Gasteiger partial charge on any atom is 0.254 e. The quantitative estimate of drug-likeness (QED) is 0.421. The molecule has 0 fully saturated rings. The summed E-state index contributed by atoms with van der Waals surface area (Å²) >= 11 is 0. The molecule has 0 saturated heterocycles. The van der Waals surface area contributed by atoms with E-state index in [4.69, 9.17) is 5.73 Å². The molecular weight excluding hydrogens is 196 g/mol. The van der Waals surface area contributed by atoms with E-state index in [0.29, 0.717) is 6.54 Å². The number of aromatic nitrogens is 2. The number of nitrogens with one attached hydrogen (secondary N) is 1. The molecule has 0 aliphatic carbocycles. The van der Waals surface area contributed by atoms with Gasteiger partial charge in [0, 0.05) is 7.05 Å². The lowest BCUT2D eigenvalue weighted by molar-refractivity contribution is 0.100. The van der Waals surface area contributed by atoms with E-state index in [2.05, 4.69) is 27.1 Å². The number of likely N-dealkylation sites (N-methyl/N-ethyl adjacent to an activating group) is 1. The zero-order valence-electron chi connectivity index (χ0n) is 8.34. The van der Waals surface area contributed by atoms with Gasteiger partial charge in [0.05, 0.1) is 12.7 Å². The van der Waals surface area contributed by atoms with E-state index in [1.807, 2.05) is 0 Å². The fraction of sp³-hybridized carbons (Fsp3) is 0.250. The molecule has 7 nitrogen and oxygen atoms in total. The van der Waals surface area contributed by atoms with Gasteiger partial charge in [-0.3, -0.25) is 14.9 Å². The first-order chi connectivity index (χ1) is 7.15. The first-order valence-electron chi connectivity index (χ1n) is 4.22. The van der Waals surface area contributed by atoms with E-state index < -0.39 is 5.91 Å². The molecule has 1 aromatic heterocycles. The Balaban J connectivity index is 2.75. The predicted molar refractivity (Wildman–Crippen MR) is 54.4 cm³/mol. The van der Waals surface area contributed by atoms with E-state index in [1.165, 1.54) is 6.20 Å². The van der Waals surface area contributed by atoms with E-state index in [0.717, 1.165) is 0 Å². The third kappa shape index (κ3) is 2.90. The van der Waals surface area contributed by atoms with Crippen LogP contribution in [0.1, 0.15) is 10.4 Å². The van der Waals surface area contributed by atoms with Crippen LogP contribution in [0, 0.1) is 0 Å². The average Bonchev–Trinajstić information content (AvgIpc) is 2.63. The van der Waals surface area contributed by atoms with Crippen LogP contribution >= 0.6 is 0 Å². The number of carbonyl (C=O) groups is 1. The lowest BCUT2D eigenvalue weighted by Crippen LogP contribution is -2.11. The van der Waals surface area contributed by atoms with Crippen molar-refractivity contribution < 1.29 is 4.79 Å². The first-order valence-corrected chi connectivity index (χ1v) is 4.22. The minimum absolute atomic E-state index is 0.214. The van der Waals surface area contributed by atoms with Gasteiger partial charge in [-0.25, -0.2) is 0 Å². The molecule has 1 rings (SSSR count). The SMILES string of the molecule is C=CCN(C)N=Nc1[nH]ncc1C(N)=O. The third-order valence-corrected chi connectivity index (χ3v) is 1.58. The van der Waals surface area contributed by atoms with E-state index in [9.17, 15) is 4.79 Å². The van der Waals surface area contributed by atoms with Crippen molar-refractivity contribution in [3.63, 3.8) is 0 Å². The smallest absolute Gasteiger partial charge is 0.254 e. The Bertz CT molecular complexity index is 382. The highest BCUT2D eigenvalue weighted by molar-refractivity contribution is 5.96. The highest BCUT2D eigenvalue weighted by Crippen LogP contribution is 2.14. The van der Waals surface area contributed by atoms with Crippen molar-refractivity contribution in [1.82, 2.24) is 15.2 Å². The zero-order valence-corrected chi connectivity index (χ0v) is 8.34. The number of amides is 1. The predicted octanol–water partition coefficient (Wildman–Crippen LogP) is 0.625. The topological polar surface area (TPSA) is 99.7 Å². The molecule has 15 heavy (non-hydrogen) atoms. The van der Waals surface area contributed by atoms with Crippen LogP contribution in [-0.4, -0.2) is 34.7 Å². The summed E-state index contributed by atoms with van der Waals surface area (Å²) in [5.41, 5.74) is 5.31. The summed E-state index contributed by atoms with van der Waals surface area (Å²) in [6.07, 6.45) is 2.99. The molecule has 1 aromatic rings. The number of rotatable bonds is 5. The second-order valence-corrected chi connectivity index (χ2v) is 2.81.